The number of nitrogens with one attached hydrogen (secondary N) is 1. The lowest BCUT2D eigenvalue weighted by Gasteiger charge is -2.12. The van der Waals surface area contributed by atoms with E-state index in [1.807, 2.05) is 18.8 Å². The van der Waals surface area contributed by atoms with Gasteiger partial charge >= 0.3 is 0 Å². The molecule has 0 bridgehead atoms. The van der Waals surface area contributed by atoms with Gasteiger partial charge in [0, 0.05) is 10.6 Å². The number of fused-ring (bicyclic) bond motifs is 1. The Hall–Kier alpha value is -1.51. The maximum absolute atomic E-state index is 4.11. The summed E-state index contributed by atoms with van der Waals surface area (Å²) >= 11 is 1.87. The fourth-order valence-corrected chi connectivity index (χ4v) is 3.20. The monoisotopic (exact) mass is 297 g/mol. The van der Waals surface area contributed by atoms with Gasteiger partial charge in [-0.05, 0) is 49.2 Å². The van der Waals surface area contributed by atoms with Crippen LogP contribution in [-0.2, 0) is 0 Å². The van der Waals surface area contributed by atoms with E-state index in [2.05, 4.69) is 66.5 Å². The highest BCUT2D eigenvalue weighted by molar-refractivity contribution is 7.99. The zero-order chi connectivity index (χ0) is 14.9. The third-order valence-corrected chi connectivity index (χ3v) is 4.53. The summed E-state index contributed by atoms with van der Waals surface area (Å²) in [6, 6.07) is 8.69. The third-order valence-electron chi connectivity index (χ3n) is 3.35. The lowest BCUT2D eigenvalue weighted by Crippen LogP contribution is -2.06. The molecule has 2 heteroatoms. The van der Waals surface area contributed by atoms with Crippen LogP contribution in [0.4, 0.5) is 0 Å². The summed E-state index contributed by atoms with van der Waals surface area (Å²) in [5.41, 5.74) is 3.92. The molecule has 2 rings (SSSR count). The van der Waals surface area contributed by atoms with Crippen LogP contribution in [0.1, 0.15) is 18.4 Å². The van der Waals surface area contributed by atoms with Crippen molar-refractivity contribution < 1.29 is 0 Å². The van der Waals surface area contributed by atoms with E-state index >= 15 is 0 Å². The molecular formula is C19H23NS. The van der Waals surface area contributed by atoms with Crippen LogP contribution in [0.2, 0.25) is 0 Å². The smallest absolute Gasteiger partial charge is 0.0226 e. The predicted octanol–water partition coefficient (Wildman–Crippen LogP) is 4.84. The SMILES string of the molecule is C=C1/C=C\C=C/C/C(=C/CCNC)c2ccccc2SC1. The molecule has 0 spiro atoms. The van der Waals surface area contributed by atoms with Crippen LogP contribution in [0.3, 0.4) is 0 Å². The normalized spacial score (nSPS) is 20.6. The summed E-state index contributed by atoms with van der Waals surface area (Å²) in [7, 11) is 2.00. The van der Waals surface area contributed by atoms with Crippen LogP contribution in [0.15, 0.2) is 71.7 Å². The molecule has 0 saturated carbocycles. The molecule has 0 saturated heterocycles. The van der Waals surface area contributed by atoms with Gasteiger partial charge in [-0.2, -0.15) is 0 Å². The molecule has 0 aromatic heterocycles. The summed E-state index contributed by atoms with van der Waals surface area (Å²) < 4.78 is 0. The van der Waals surface area contributed by atoms with Gasteiger partial charge in [0.15, 0.2) is 0 Å². The van der Waals surface area contributed by atoms with Crippen LogP contribution >= 0.6 is 11.8 Å². The first kappa shape index (κ1) is 15.9. The summed E-state index contributed by atoms with van der Waals surface area (Å²) in [5.74, 6) is 0.936. The minimum absolute atomic E-state index is 0.936. The molecular weight excluding hydrogens is 274 g/mol. The second-order valence-corrected chi connectivity index (χ2v) is 6.07. The number of benzene rings is 1. The molecule has 1 N–H and O–H groups in total. The largest absolute Gasteiger partial charge is 0.319 e. The van der Waals surface area contributed by atoms with Gasteiger partial charge in [-0.3, -0.25) is 0 Å². The van der Waals surface area contributed by atoms with Crippen molar-refractivity contribution >= 4 is 17.3 Å². The Labute approximate surface area is 132 Å². The van der Waals surface area contributed by atoms with E-state index in [0.717, 1.165) is 30.7 Å². The second kappa shape index (κ2) is 8.71. The molecule has 110 valence electrons. The molecule has 1 aromatic rings. The molecule has 1 heterocycles. The van der Waals surface area contributed by atoms with Gasteiger partial charge < -0.3 is 5.32 Å². The molecule has 1 aromatic carbocycles. The van der Waals surface area contributed by atoms with E-state index in [1.165, 1.54) is 16.0 Å². The Morgan fingerprint density at radius 1 is 1.29 bits per heavy atom. The molecule has 0 atom stereocenters. The minimum atomic E-state index is 0.936. The van der Waals surface area contributed by atoms with E-state index in [4.69, 9.17) is 0 Å². The lowest BCUT2D eigenvalue weighted by molar-refractivity contribution is 0.807. The molecule has 21 heavy (non-hydrogen) atoms. The molecule has 1 nitrogen and oxygen atoms in total. The first-order valence-electron chi connectivity index (χ1n) is 7.38. The molecule has 1 aliphatic rings. The molecule has 0 amide bonds. The second-order valence-electron chi connectivity index (χ2n) is 5.06. The Bertz CT molecular complexity index is 567. The summed E-state index contributed by atoms with van der Waals surface area (Å²) in [6.07, 6.45) is 12.9. The summed E-state index contributed by atoms with van der Waals surface area (Å²) in [6.45, 7) is 5.12. The van der Waals surface area contributed by atoms with Gasteiger partial charge in [-0.25, -0.2) is 0 Å². The predicted molar refractivity (Wildman–Crippen MR) is 95.7 cm³/mol. The van der Waals surface area contributed by atoms with Crippen molar-refractivity contribution in [2.75, 3.05) is 19.3 Å². The first-order valence-corrected chi connectivity index (χ1v) is 8.36. The maximum atomic E-state index is 4.11. The van der Waals surface area contributed by atoms with Gasteiger partial charge in [-0.15, -0.1) is 11.8 Å². The standard InChI is InChI=1S/C19H23NS/c1-16-9-4-3-5-10-17(11-8-14-20-2)18-12-6-7-13-19(18)21-15-16/h3-7,9,11-13,20H,1,8,10,14-15H2,2H3/b5-3-,9-4-,17-11-. The van der Waals surface area contributed by atoms with E-state index in [-0.39, 0.29) is 0 Å². The first-order chi connectivity index (χ1) is 10.3. The third kappa shape index (κ3) is 5.07. The van der Waals surface area contributed by atoms with Crippen LogP contribution in [0.25, 0.3) is 5.57 Å². The van der Waals surface area contributed by atoms with Gasteiger partial charge in [0.25, 0.3) is 0 Å². The van der Waals surface area contributed by atoms with Crippen LogP contribution in [0.5, 0.6) is 0 Å². The van der Waals surface area contributed by atoms with Crippen LogP contribution in [0, 0.1) is 0 Å². The number of thioether (sulfide) groups is 1. The zero-order valence-corrected chi connectivity index (χ0v) is 13.5. The quantitative estimate of drug-likeness (QED) is 0.801. The number of hydrogen-bond acceptors (Lipinski definition) is 2. The van der Waals surface area contributed by atoms with Crippen molar-refractivity contribution in [3.8, 4) is 0 Å². The fourth-order valence-electron chi connectivity index (χ4n) is 2.24. The van der Waals surface area contributed by atoms with Crippen molar-refractivity contribution in [2.45, 2.75) is 17.7 Å². The van der Waals surface area contributed by atoms with Crippen LogP contribution in [-0.4, -0.2) is 19.3 Å². The van der Waals surface area contributed by atoms with E-state index in [0.29, 0.717) is 0 Å². The Morgan fingerprint density at radius 2 is 2.14 bits per heavy atom. The van der Waals surface area contributed by atoms with E-state index in [1.54, 1.807) is 0 Å². The van der Waals surface area contributed by atoms with Gasteiger partial charge in [0.05, 0.1) is 0 Å². The minimum Gasteiger partial charge on any atom is -0.319 e. The average molecular weight is 297 g/mol. The Morgan fingerprint density at radius 3 is 3.00 bits per heavy atom. The Kier molecular flexibility index (Phi) is 6.58. The summed E-state index contributed by atoms with van der Waals surface area (Å²) in [4.78, 5) is 1.35. The molecule has 1 aliphatic heterocycles. The molecule has 0 radical (unpaired) electrons. The highest BCUT2D eigenvalue weighted by Gasteiger charge is 2.07. The molecule has 0 fully saturated rings. The van der Waals surface area contributed by atoms with E-state index < -0.39 is 0 Å². The van der Waals surface area contributed by atoms with Gasteiger partial charge in [-0.1, -0.05) is 55.2 Å². The number of allylic oxidation sites excluding steroid dienone is 5. The number of hydrogen-bond donors (Lipinski definition) is 1. The highest BCUT2D eigenvalue weighted by Crippen LogP contribution is 2.32. The van der Waals surface area contributed by atoms with Gasteiger partial charge in [0.2, 0.25) is 0 Å². The molecule has 0 unspecified atom stereocenters. The van der Waals surface area contributed by atoms with Crippen molar-refractivity contribution in [3.05, 3.63) is 72.4 Å². The van der Waals surface area contributed by atoms with Crippen molar-refractivity contribution in [2.24, 2.45) is 0 Å². The van der Waals surface area contributed by atoms with E-state index in [9.17, 15) is 0 Å². The summed E-state index contributed by atoms with van der Waals surface area (Å²) in [5, 5.41) is 3.21. The number of rotatable bonds is 3. The fraction of sp³-hybridized carbons (Fsp3) is 0.263. The lowest BCUT2D eigenvalue weighted by atomic mass is 10.0. The van der Waals surface area contributed by atoms with Crippen molar-refractivity contribution in [1.82, 2.24) is 5.32 Å². The Balaban J connectivity index is 2.33. The highest BCUT2D eigenvalue weighted by atomic mass is 32.2. The van der Waals surface area contributed by atoms with Crippen molar-refractivity contribution in [3.63, 3.8) is 0 Å². The topological polar surface area (TPSA) is 12.0 Å². The van der Waals surface area contributed by atoms with Crippen molar-refractivity contribution in [1.29, 1.82) is 0 Å². The average Bonchev–Trinajstić information content (AvgIpc) is 2.54. The zero-order valence-electron chi connectivity index (χ0n) is 12.6. The van der Waals surface area contributed by atoms with Gasteiger partial charge in [0.1, 0.15) is 0 Å². The molecule has 0 aliphatic carbocycles. The van der Waals surface area contributed by atoms with Crippen LogP contribution < -0.4 is 5.32 Å². The maximum Gasteiger partial charge on any atom is 0.0226 e.